The van der Waals surface area contributed by atoms with Gasteiger partial charge in [-0.05, 0) is 50.5 Å². The van der Waals surface area contributed by atoms with E-state index in [0.717, 1.165) is 22.5 Å². The minimum atomic E-state index is -0.700. The molecule has 0 fully saturated rings. The molecule has 4 aromatic rings. The van der Waals surface area contributed by atoms with E-state index in [1.54, 1.807) is 4.68 Å². The third-order valence-corrected chi connectivity index (χ3v) is 5.84. The molecule has 7 nitrogen and oxygen atoms in total. The normalized spacial score (nSPS) is 12.1. The summed E-state index contributed by atoms with van der Waals surface area (Å²) < 4.78 is 3.07. The quantitative estimate of drug-likeness (QED) is 0.506. The third kappa shape index (κ3) is 3.82. The van der Waals surface area contributed by atoms with Gasteiger partial charge in [0.25, 0.3) is 5.56 Å². The number of rotatable bonds is 6. The maximum absolute atomic E-state index is 13.4. The smallest absolute Gasteiger partial charge is 0.278 e. The van der Waals surface area contributed by atoms with Gasteiger partial charge in [-0.25, -0.2) is 9.36 Å². The molecule has 0 aliphatic rings. The molecule has 0 saturated carbocycles. The Morgan fingerprint density at radius 3 is 2.38 bits per heavy atom. The van der Waals surface area contributed by atoms with E-state index in [9.17, 15) is 9.59 Å². The first-order chi connectivity index (χ1) is 15.4. The molecule has 0 radical (unpaired) electrons. The fraction of sp³-hybridized carbons (Fsp3) is 0.280. The number of nitrogens with one attached hydrogen (secondary N) is 1. The Labute approximate surface area is 186 Å². The predicted octanol–water partition coefficient (Wildman–Crippen LogP) is 3.77. The zero-order valence-corrected chi connectivity index (χ0v) is 18.8. The molecule has 32 heavy (non-hydrogen) atoms. The first-order valence-electron chi connectivity index (χ1n) is 10.8. The zero-order valence-electron chi connectivity index (χ0n) is 18.8. The van der Waals surface area contributed by atoms with Crippen molar-refractivity contribution in [1.29, 1.82) is 0 Å². The number of hydrogen-bond donors (Lipinski definition) is 1. The average molecular weight is 430 g/mol. The number of benzene rings is 2. The van der Waals surface area contributed by atoms with Crippen molar-refractivity contribution in [2.24, 2.45) is 0 Å². The largest absolute Gasteiger partial charge is 0.350 e. The summed E-state index contributed by atoms with van der Waals surface area (Å²) in [7, 11) is 0. The lowest BCUT2D eigenvalue weighted by atomic mass is 10.1. The number of amides is 1. The Bertz CT molecular complexity index is 1340. The fourth-order valence-electron chi connectivity index (χ4n) is 3.99. The molecule has 0 spiro atoms. The van der Waals surface area contributed by atoms with Crippen LogP contribution in [0.3, 0.4) is 0 Å². The van der Waals surface area contributed by atoms with E-state index in [-0.39, 0.29) is 11.5 Å². The molecule has 1 atom stereocenters. The maximum atomic E-state index is 13.4. The number of para-hydroxylation sites is 1. The Morgan fingerprint density at radius 2 is 1.69 bits per heavy atom. The second kappa shape index (κ2) is 8.78. The van der Waals surface area contributed by atoms with Gasteiger partial charge in [-0.1, -0.05) is 49.4 Å². The molecule has 2 heterocycles. The number of nitrogens with zero attached hydrogens (tertiary/aromatic N) is 4. The van der Waals surface area contributed by atoms with E-state index in [2.05, 4.69) is 15.5 Å². The van der Waals surface area contributed by atoms with Crippen molar-refractivity contribution in [3.8, 4) is 5.69 Å². The number of carbonyl (C=O) groups is 1. The summed E-state index contributed by atoms with van der Waals surface area (Å²) in [6, 6.07) is 16.9. The second-order valence-electron chi connectivity index (χ2n) is 7.96. The lowest BCUT2D eigenvalue weighted by molar-refractivity contribution is -0.125. The minimum Gasteiger partial charge on any atom is -0.350 e. The second-order valence-corrected chi connectivity index (χ2v) is 7.96. The monoisotopic (exact) mass is 429 g/mol. The minimum absolute atomic E-state index is 0.225. The van der Waals surface area contributed by atoms with Gasteiger partial charge in [-0.2, -0.15) is 10.2 Å². The molecule has 0 bridgehead atoms. The summed E-state index contributed by atoms with van der Waals surface area (Å²) in [5.41, 5.74) is 4.62. The molecule has 0 aliphatic heterocycles. The molecular weight excluding hydrogens is 402 g/mol. The maximum Gasteiger partial charge on any atom is 0.278 e. The van der Waals surface area contributed by atoms with Gasteiger partial charge in [0.05, 0.1) is 22.5 Å². The van der Waals surface area contributed by atoms with E-state index in [1.807, 2.05) is 82.3 Å². The van der Waals surface area contributed by atoms with Gasteiger partial charge in [0.15, 0.2) is 0 Å². The van der Waals surface area contributed by atoms with Crippen molar-refractivity contribution in [2.45, 2.75) is 46.7 Å². The summed E-state index contributed by atoms with van der Waals surface area (Å²) >= 11 is 0. The van der Waals surface area contributed by atoms with E-state index >= 15 is 0 Å². The van der Waals surface area contributed by atoms with E-state index in [0.29, 0.717) is 29.6 Å². The molecule has 2 aromatic carbocycles. The van der Waals surface area contributed by atoms with Crippen molar-refractivity contribution in [2.75, 3.05) is 0 Å². The highest BCUT2D eigenvalue weighted by Crippen LogP contribution is 2.21. The van der Waals surface area contributed by atoms with E-state index in [4.69, 9.17) is 0 Å². The molecule has 0 aliphatic carbocycles. The van der Waals surface area contributed by atoms with Gasteiger partial charge in [-0.3, -0.25) is 9.59 Å². The fourth-order valence-corrected chi connectivity index (χ4v) is 3.99. The van der Waals surface area contributed by atoms with E-state index in [1.165, 1.54) is 4.68 Å². The Balaban J connectivity index is 1.72. The van der Waals surface area contributed by atoms with Crippen LogP contribution >= 0.6 is 0 Å². The third-order valence-electron chi connectivity index (χ3n) is 5.84. The van der Waals surface area contributed by atoms with Crippen LogP contribution in [0, 0.1) is 20.8 Å². The highest BCUT2D eigenvalue weighted by Gasteiger charge is 2.25. The number of aryl methyl sites for hydroxylation is 3. The first-order valence-corrected chi connectivity index (χ1v) is 10.8. The van der Waals surface area contributed by atoms with Crippen molar-refractivity contribution in [3.63, 3.8) is 0 Å². The van der Waals surface area contributed by atoms with Crippen molar-refractivity contribution < 1.29 is 4.79 Å². The van der Waals surface area contributed by atoms with Crippen molar-refractivity contribution >= 4 is 16.8 Å². The first kappa shape index (κ1) is 21.5. The van der Waals surface area contributed by atoms with Crippen LogP contribution in [0.4, 0.5) is 0 Å². The Kier molecular flexibility index (Phi) is 5.90. The van der Waals surface area contributed by atoms with Crippen LogP contribution in [0.15, 0.2) is 59.4 Å². The molecule has 164 valence electrons. The lowest BCUT2D eigenvalue weighted by Gasteiger charge is -2.18. The Morgan fingerprint density at radius 1 is 1.00 bits per heavy atom. The summed E-state index contributed by atoms with van der Waals surface area (Å²) in [5, 5.41) is 12.6. The zero-order chi connectivity index (χ0) is 22.8. The van der Waals surface area contributed by atoms with Gasteiger partial charge in [0.1, 0.15) is 11.6 Å². The van der Waals surface area contributed by atoms with Crippen LogP contribution in [0.5, 0.6) is 0 Å². The highest BCUT2D eigenvalue weighted by atomic mass is 16.2. The number of carbonyl (C=O) groups excluding carboxylic acids is 1. The molecule has 1 unspecified atom stereocenters. The average Bonchev–Trinajstić information content (AvgIpc) is 3.15. The molecule has 1 amide bonds. The molecular formula is C25H27N5O2. The predicted molar refractivity (Wildman–Crippen MR) is 125 cm³/mol. The molecule has 0 saturated heterocycles. The molecule has 7 heteroatoms. The SMILES string of the molecule is CCC(C(=O)NCc1ccccc1C)n1nc(C)c2nn(-c3ccccc3)c(C)c2c1=O. The number of hydrogen-bond acceptors (Lipinski definition) is 4. The standard InChI is InChI=1S/C25H27N5O2/c1-5-21(24(31)26-15-19-12-10-9-11-16(19)2)30-25(32)22-18(4)29(20-13-7-6-8-14-20)28-23(22)17(3)27-30/h6-14,21H,5,15H2,1-4H3,(H,26,31). The summed E-state index contributed by atoms with van der Waals surface area (Å²) in [6.07, 6.45) is 0.448. The van der Waals surface area contributed by atoms with Crippen LogP contribution in [0.1, 0.15) is 41.9 Å². The van der Waals surface area contributed by atoms with Crippen LogP contribution in [0.25, 0.3) is 16.6 Å². The van der Waals surface area contributed by atoms with Crippen molar-refractivity contribution in [1.82, 2.24) is 24.9 Å². The molecule has 1 N–H and O–H groups in total. The summed E-state index contributed by atoms with van der Waals surface area (Å²) in [5.74, 6) is -0.225. The lowest BCUT2D eigenvalue weighted by Crippen LogP contribution is -2.38. The summed E-state index contributed by atoms with van der Waals surface area (Å²) in [4.78, 5) is 26.5. The van der Waals surface area contributed by atoms with Crippen molar-refractivity contribution in [3.05, 3.63) is 87.5 Å². The Hall–Kier alpha value is -3.74. The van der Waals surface area contributed by atoms with Crippen LogP contribution in [-0.4, -0.2) is 25.5 Å². The van der Waals surface area contributed by atoms with Gasteiger partial charge in [-0.15, -0.1) is 0 Å². The number of fused-ring (bicyclic) bond motifs is 1. The topological polar surface area (TPSA) is 81.8 Å². The number of aromatic nitrogens is 4. The van der Waals surface area contributed by atoms with Gasteiger partial charge in [0.2, 0.25) is 5.91 Å². The van der Waals surface area contributed by atoms with Gasteiger partial charge < -0.3 is 5.32 Å². The molecule has 2 aromatic heterocycles. The van der Waals surface area contributed by atoms with Crippen LogP contribution in [0.2, 0.25) is 0 Å². The highest BCUT2D eigenvalue weighted by molar-refractivity contribution is 5.84. The molecule has 4 rings (SSSR count). The van der Waals surface area contributed by atoms with Gasteiger partial charge >= 0.3 is 0 Å². The van der Waals surface area contributed by atoms with Crippen LogP contribution in [-0.2, 0) is 11.3 Å². The van der Waals surface area contributed by atoms with E-state index < -0.39 is 6.04 Å². The van der Waals surface area contributed by atoms with Crippen LogP contribution < -0.4 is 10.9 Å². The van der Waals surface area contributed by atoms with Gasteiger partial charge in [0, 0.05) is 6.54 Å². The summed E-state index contributed by atoms with van der Waals surface area (Å²) in [6.45, 7) is 7.98.